The number of fused-ring (bicyclic) bond motifs is 1. The Bertz CT molecular complexity index is 1210. The maximum Gasteiger partial charge on any atom is 0.423 e. The molecule has 3 aromatic rings. The number of nitrogens with one attached hydrogen (secondary N) is 1. The van der Waals surface area contributed by atoms with E-state index in [1.54, 1.807) is 0 Å². The molecule has 2 atom stereocenters. The molecule has 5 rings (SSSR count). The van der Waals surface area contributed by atoms with E-state index in [0.29, 0.717) is 24.1 Å². The van der Waals surface area contributed by atoms with Crippen molar-refractivity contribution in [2.45, 2.75) is 49.9 Å². The van der Waals surface area contributed by atoms with E-state index in [0.717, 1.165) is 19.3 Å². The van der Waals surface area contributed by atoms with Crippen LogP contribution in [0.5, 0.6) is 5.88 Å². The summed E-state index contributed by atoms with van der Waals surface area (Å²) in [5, 5.41) is 24.7. The predicted molar refractivity (Wildman–Crippen MR) is 109 cm³/mol. The number of rotatable bonds is 6. The SMILES string of the molecule is O=C(O)c1ccc2nnc([C@H]3CCC[C@@H](Nc4ncc(C(F)(F)F)c(OC5COC5)n4)C3)n2n1. The highest BCUT2D eigenvalue weighted by Crippen LogP contribution is 2.37. The highest BCUT2D eigenvalue weighted by atomic mass is 19.4. The van der Waals surface area contributed by atoms with E-state index in [-0.39, 0.29) is 36.8 Å². The first-order chi connectivity index (χ1) is 16.3. The number of hydrogen-bond acceptors (Lipinski definition) is 9. The lowest BCUT2D eigenvalue weighted by atomic mass is 9.85. The van der Waals surface area contributed by atoms with Crippen molar-refractivity contribution in [1.29, 1.82) is 0 Å². The van der Waals surface area contributed by atoms with Crippen LogP contribution in [-0.2, 0) is 10.9 Å². The largest absolute Gasteiger partial charge is 0.476 e. The summed E-state index contributed by atoms with van der Waals surface area (Å²) < 4.78 is 51.8. The van der Waals surface area contributed by atoms with Crippen LogP contribution >= 0.6 is 0 Å². The van der Waals surface area contributed by atoms with Crippen molar-refractivity contribution >= 4 is 17.6 Å². The molecule has 0 spiro atoms. The first kappa shape index (κ1) is 22.3. The quantitative estimate of drug-likeness (QED) is 0.543. The van der Waals surface area contributed by atoms with Crippen molar-refractivity contribution in [1.82, 2.24) is 29.8 Å². The van der Waals surface area contributed by atoms with Gasteiger partial charge in [0, 0.05) is 18.2 Å². The first-order valence-electron chi connectivity index (χ1n) is 10.7. The third-order valence-electron chi connectivity index (χ3n) is 5.82. The zero-order chi connectivity index (χ0) is 23.9. The van der Waals surface area contributed by atoms with Gasteiger partial charge >= 0.3 is 12.1 Å². The Hall–Kier alpha value is -3.55. The number of aromatic nitrogens is 6. The van der Waals surface area contributed by atoms with Crippen LogP contribution < -0.4 is 10.1 Å². The lowest BCUT2D eigenvalue weighted by molar-refractivity contribution is -0.142. The summed E-state index contributed by atoms with van der Waals surface area (Å²) in [6.45, 7) is 0.413. The van der Waals surface area contributed by atoms with Crippen molar-refractivity contribution < 1.29 is 32.5 Å². The number of aromatic carboxylic acids is 1. The van der Waals surface area contributed by atoms with Gasteiger partial charge in [-0.05, 0) is 31.4 Å². The highest BCUT2D eigenvalue weighted by molar-refractivity contribution is 5.85. The molecule has 1 aliphatic heterocycles. The Morgan fingerprint density at radius 3 is 2.76 bits per heavy atom. The number of ether oxygens (including phenoxy) is 2. The van der Waals surface area contributed by atoms with Crippen LogP contribution in [0.15, 0.2) is 18.3 Å². The highest BCUT2D eigenvalue weighted by Gasteiger charge is 2.38. The number of carbonyl (C=O) groups is 1. The van der Waals surface area contributed by atoms with Crippen molar-refractivity contribution in [2.24, 2.45) is 0 Å². The molecule has 1 saturated heterocycles. The summed E-state index contributed by atoms with van der Waals surface area (Å²) in [6, 6.07) is 2.75. The topological polar surface area (TPSA) is 137 Å². The number of hydrogen-bond donors (Lipinski definition) is 2. The molecule has 0 unspecified atom stereocenters. The molecule has 11 nitrogen and oxygen atoms in total. The van der Waals surface area contributed by atoms with Gasteiger partial charge in [0.1, 0.15) is 11.7 Å². The zero-order valence-corrected chi connectivity index (χ0v) is 17.7. The number of halogens is 3. The average molecular weight is 479 g/mol. The van der Waals surface area contributed by atoms with Gasteiger partial charge < -0.3 is 19.9 Å². The summed E-state index contributed by atoms with van der Waals surface area (Å²) in [6.07, 6.45) is -1.51. The number of anilines is 1. The van der Waals surface area contributed by atoms with Crippen molar-refractivity contribution in [2.75, 3.05) is 18.5 Å². The van der Waals surface area contributed by atoms with Crippen LogP contribution in [-0.4, -0.2) is 66.2 Å². The van der Waals surface area contributed by atoms with E-state index in [1.807, 2.05) is 0 Å². The van der Waals surface area contributed by atoms with Crippen molar-refractivity contribution in [3.8, 4) is 5.88 Å². The van der Waals surface area contributed by atoms with Gasteiger partial charge in [-0.1, -0.05) is 6.42 Å². The molecule has 3 aromatic heterocycles. The van der Waals surface area contributed by atoms with E-state index < -0.39 is 29.7 Å². The molecule has 2 fully saturated rings. The van der Waals surface area contributed by atoms with Gasteiger partial charge in [0.25, 0.3) is 0 Å². The molecule has 180 valence electrons. The standard InChI is InChI=1S/C20H20F3N7O4/c21-20(22,23)13-7-24-19(26-17(13)34-12-8-33-9-12)25-11-3-1-2-10(6-11)16-28-27-15-5-4-14(18(31)32)29-30(15)16/h4-5,7,10-12H,1-3,6,8-9H2,(H,31,32)(H,24,25,26)/t10-,11+/m0/s1. The van der Waals surface area contributed by atoms with Gasteiger partial charge in [0.2, 0.25) is 11.8 Å². The normalized spacial score (nSPS) is 21.3. The number of alkyl halides is 3. The number of nitrogens with zero attached hydrogens (tertiary/aromatic N) is 6. The van der Waals surface area contributed by atoms with E-state index in [9.17, 15) is 23.1 Å². The van der Waals surface area contributed by atoms with Crippen LogP contribution in [0.3, 0.4) is 0 Å². The monoisotopic (exact) mass is 479 g/mol. The molecule has 1 aliphatic carbocycles. The summed E-state index contributed by atoms with van der Waals surface area (Å²) in [4.78, 5) is 19.1. The molecule has 14 heteroatoms. The summed E-state index contributed by atoms with van der Waals surface area (Å²) in [5.41, 5.74) is -0.730. The molecule has 1 saturated carbocycles. The Labute approximate surface area is 190 Å². The summed E-state index contributed by atoms with van der Waals surface area (Å²) in [5.74, 6) is -1.21. The third-order valence-corrected chi connectivity index (χ3v) is 5.82. The van der Waals surface area contributed by atoms with E-state index in [4.69, 9.17) is 9.47 Å². The Morgan fingerprint density at radius 1 is 1.24 bits per heavy atom. The fourth-order valence-corrected chi connectivity index (χ4v) is 4.07. The van der Waals surface area contributed by atoms with Gasteiger partial charge in [-0.15, -0.1) is 10.2 Å². The molecule has 0 radical (unpaired) electrons. The minimum absolute atomic E-state index is 0.0336. The van der Waals surface area contributed by atoms with Gasteiger partial charge in [-0.25, -0.2) is 9.78 Å². The first-order valence-corrected chi connectivity index (χ1v) is 10.7. The second-order valence-corrected chi connectivity index (χ2v) is 8.24. The Morgan fingerprint density at radius 2 is 2.06 bits per heavy atom. The van der Waals surface area contributed by atoms with Crippen LogP contribution in [0.1, 0.15) is 53.5 Å². The second kappa shape index (κ2) is 8.66. The van der Waals surface area contributed by atoms with Crippen molar-refractivity contribution in [3.63, 3.8) is 0 Å². The molecule has 2 aliphatic rings. The number of carboxylic acids is 1. The molecule has 0 bridgehead atoms. The maximum absolute atomic E-state index is 13.4. The van der Waals surface area contributed by atoms with Gasteiger partial charge in [-0.3, -0.25) is 0 Å². The van der Waals surface area contributed by atoms with Crippen LogP contribution in [0.25, 0.3) is 5.65 Å². The predicted octanol–water partition coefficient (Wildman–Crippen LogP) is 2.55. The number of carboxylic acid groups (broad SMARTS) is 1. The van der Waals surface area contributed by atoms with E-state index in [2.05, 4.69) is 30.6 Å². The zero-order valence-electron chi connectivity index (χ0n) is 17.7. The maximum atomic E-state index is 13.4. The van der Waals surface area contributed by atoms with E-state index in [1.165, 1.54) is 16.6 Å². The molecule has 4 heterocycles. The molecule has 2 N–H and O–H groups in total. The smallest absolute Gasteiger partial charge is 0.423 e. The summed E-state index contributed by atoms with van der Waals surface area (Å²) >= 11 is 0. The fourth-order valence-electron chi connectivity index (χ4n) is 4.07. The third kappa shape index (κ3) is 4.44. The lowest BCUT2D eigenvalue weighted by Crippen LogP contribution is -2.39. The van der Waals surface area contributed by atoms with Gasteiger partial charge in [0.15, 0.2) is 17.2 Å². The second-order valence-electron chi connectivity index (χ2n) is 8.24. The van der Waals surface area contributed by atoms with Crippen LogP contribution in [0.4, 0.5) is 19.1 Å². The Kier molecular flexibility index (Phi) is 5.67. The molecule has 0 amide bonds. The Balaban J connectivity index is 1.35. The average Bonchev–Trinajstić information content (AvgIpc) is 3.19. The van der Waals surface area contributed by atoms with Crippen molar-refractivity contribution in [3.05, 3.63) is 35.4 Å². The minimum atomic E-state index is -4.65. The van der Waals surface area contributed by atoms with Gasteiger partial charge in [0.05, 0.1) is 13.2 Å². The molecular formula is C20H20F3N7O4. The van der Waals surface area contributed by atoms with Gasteiger partial charge in [-0.2, -0.15) is 27.8 Å². The van der Waals surface area contributed by atoms with Crippen LogP contribution in [0, 0.1) is 0 Å². The molecule has 34 heavy (non-hydrogen) atoms. The fraction of sp³-hybridized carbons (Fsp3) is 0.500. The van der Waals surface area contributed by atoms with E-state index >= 15 is 0 Å². The molecular weight excluding hydrogens is 459 g/mol. The minimum Gasteiger partial charge on any atom is -0.476 e. The molecule has 0 aromatic carbocycles. The summed E-state index contributed by atoms with van der Waals surface area (Å²) in [7, 11) is 0. The van der Waals surface area contributed by atoms with Crippen LogP contribution in [0.2, 0.25) is 0 Å². The lowest BCUT2D eigenvalue weighted by Gasteiger charge is -2.29.